The van der Waals surface area contributed by atoms with E-state index in [-0.39, 0.29) is 21.2 Å². The minimum Gasteiger partial charge on any atom is -0.506 e. The second-order valence-corrected chi connectivity index (χ2v) is 10.7. The van der Waals surface area contributed by atoms with Gasteiger partial charge in [-0.3, -0.25) is 9.44 Å². The van der Waals surface area contributed by atoms with Crippen LogP contribution in [0.25, 0.3) is 11.1 Å². The number of phenolic OH excluding ortho intramolecular Hbond substituents is 1. The molecule has 0 unspecified atom stereocenters. The Hall–Kier alpha value is -3.89. The van der Waals surface area contributed by atoms with Gasteiger partial charge in [0.1, 0.15) is 11.6 Å². The molecule has 7 nitrogen and oxygen atoms in total. The molecule has 0 radical (unpaired) electrons. The van der Waals surface area contributed by atoms with Gasteiger partial charge in [0, 0.05) is 0 Å². The number of halogens is 1. The van der Waals surface area contributed by atoms with Gasteiger partial charge in [0.2, 0.25) is 0 Å². The number of phenols is 1. The zero-order valence-corrected chi connectivity index (χ0v) is 19.1. The second kappa shape index (κ2) is 9.16. The Morgan fingerprint density at radius 2 is 1.15 bits per heavy atom. The molecule has 0 saturated carbocycles. The normalized spacial score (nSPS) is 11.7. The molecule has 0 spiro atoms. The highest BCUT2D eigenvalue weighted by Crippen LogP contribution is 2.30. The van der Waals surface area contributed by atoms with Gasteiger partial charge in [-0.25, -0.2) is 21.2 Å². The topological polar surface area (TPSA) is 113 Å². The van der Waals surface area contributed by atoms with Crippen molar-refractivity contribution in [3.8, 4) is 16.9 Å². The lowest BCUT2D eigenvalue weighted by Crippen LogP contribution is -2.15. The number of aromatic hydroxyl groups is 1. The van der Waals surface area contributed by atoms with E-state index in [4.69, 9.17) is 0 Å². The van der Waals surface area contributed by atoms with E-state index in [0.717, 1.165) is 47.5 Å². The van der Waals surface area contributed by atoms with Crippen molar-refractivity contribution in [2.45, 2.75) is 9.79 Å². The lowest BCUT2D eigenvalue weighted by molar-refractivity contribution is 0.477. The van der Waals surface area contributed by atoms with Crippen LogP contribution in [0, 0.1) is 5.82 Å². The molecular formula is C24H19FN2O5S2. The summed E-state index contributed by atoms with van der Waals surface area (Å²) in [5, 5.41) is 10.1. The molecule has 0 amide bonds. The predicted octanol–water partition coefficient (Wildman–Crippen LogP) is 4.80. The van der Waals surface area contributed by atoms with Crippen LogP contribution in [0.2, 0.25) is 0 Å². The van der Waals surface area contributed by atoms with Crippen LogP contribution >= 0.6 is 0 Å². The number of hydrogen-bond acceptors (Lipinski definition) is 5. The first kappa shape index (κ1) is 23.3. The highest BCUT2D eigenvalue weighted by Gasteiger charge is 2.19. The predicted molar refractivity (Wildman–Crippen MR) is 128 cm³/mol. The van der Waals surface area contributed by atoms with Gasteiger partial charge in [-0.2, -0.15) is 0 Å². The number of rotatable bonds is 7. The SMILES string of the molecule is O=S(=O)(Nc1ccc(O)c(NS(=O)(=O)c2ccc(F)cc2)c1)c1ccc(-c2ccccc2)cc1. The zero-order valence-electron chi connectivity index (χ0n) is 17.5. The monoisotopic (exact) mass is 498 g/mol. The zero-order chi connectivity index (χ0) is 24.3. The van der Waals surface area contributed by atoms with E-state index in [1.807, 2.05) is 30.3 Å². The van der Waals surface area contributed by atoms with Gasteiger partial charge >= 0.3 is 0 Å². The van der Waals surface area contributed by atoms with E-state index < -0.39 is 31.6 Å². The summed E-state index contributed by atoms with van der Waals surface area (Å²) in [5.41, 5.74) is 1.57. The molecule has 4 aromatic carbocycles. The Kier molecular flexibility index (Phi) is 6.27. The molecule has 0 fully saturated rings. The summed E-state index contributed by atoms with van der Waals surface area (Å²) in [7, 11) is -8.14. The lowest BCUT2D eigenvalue weighted by atomic mass is 10.1. The van der Waals surface area contributed by atoms with Crippen molar-refractivity contribution in [1.82, 2.24) is 0 Å². The average molecular weight is 499 g/mol. The first-order valence-electron chi connectivity index (χ1n) is 9.94. The van der Waals surface area contributed by atoms with Crippen molar-refractivity contribution in [2.24, 2.45) is 0 Å². The van der Waals surface area contributed by atoms with Crippen LogP contribution in [0.15, 0.2) is 107 Å². The highest BCUT2D eigenvalue weighted by atomic mass is 32.2. The minimum absolute atomic E-state index is 0.00805. The standard InChI is InChI=1S/C24H19FN2O5S2/c25-19-8-13-22(14-9-19)34(31,32)27-23-16-20(10-15-24(23)28)26-33(29,30)21-11-6-18(7-12-21)17-4-2-1-3-5-17/h1-16,26-28H. The van der Waals surface area contributed by atoms with E-state index >= 15 is 0 Å². The fraction of sp³-hybridized carbons (Fsp3) is 0. The summed E-state index contributed by atoms with van der Waals surface area (Å²) >= 11 is 0. The molecule has 0 aliphatic carbocycles. The molecule has 0 aromatic heterocycles. The molecule has 4 rings (SSSR count). The molecule has 10 heteroatoms. The van der Waals surface area contributed by atoms with E-state index in [9.17, 15) is 26.3 Å². The van der Waals surface area contributed by atoms with Crippen LogP contribution < -0.4 is 9.44 Å². The third-order valence-electron chi connectivity index (χ3n) is 4.89. The van der Waals surface area contributed by atoms with Crippen molar-refractivity contribution in [3.63, 3.8) is 0 Å². The fourth-order valence-electron chi connectivity index (χ4n) is 3.17. The Morgan fingerprint density at radius 3 is 1.76 bits per heavy atom. The third-order valence-corrected chi connectivity index (χ3v) is 7.67. The Labute approximate surface area is 196 Å². The summed E-state index contributed by atoms with van der Waals surface area (Å²) in [4.78, 5) is -0.216. The number of sulfonamides is 2. The van der Waals surface area contributed by atoms with E-state index in [1.165, 1.54) is 18.2 Å². The van der Waals surface area contributed by atoms with Gasteiger partial charge < -0.3 is 5.11 Å². The molecule has 0 heterocycles. The van der Waals surface area contributed by atoms with Crippen LogP contribution in [0.3, 0.4) is 0 Å². The van der Waals surface area contributed by atoms with Gasteiger partial charge in [0.25, 0.3) is 20.0 Å². The van der Waals surface area contributed by atoms with Crippen molar-refractivity contribution in [3.05, 3.63) is 103 Å². The Bertz CT molecular complexity index is 1520. The number of hydrogen-bond donors (Lipinski definition) is 3. The molecule has 4 aromatic rings. The minimum atomic E-state index is -4.15. The van der Waals surface area contributed by atoms with Crippen LogP contribution in [0.4, 0.5) is 15.8 Å². The van der Waals surface area contributed by atoms with Crippen LogP contribution in [0.5, 0.6) is 5.75 Å². The van der Waals surface area contributed by atoms with E-state index in [1.54, 1.807) is 12.1 Å². The quantitative estimate of drug-likeness (QED) is 0.250. The molecule has 34 heavy (non-hydrogen) atoms. The van der Waals surface area contributed by atoms with Crippen molar-refractivity contribution < 1.29 is 26.3 Å². The average Bonchev–Trinajstić information content (AvgIpc) is 2.82. The lowest BCUT2D eigenvalue weighted by Gasteiger charge is -2.13. The van der Waals surface area contributed by atoms with Gasteiger partial charge in [-0.05, 0) is 65.7 Å². The molecule has 0 bridgehead atoms. The Balaban J connectivity index is 1.56. The fourth-order valence-corrected chi connectivity index (χ4v) is 5.28. The number of nitrogens with one attached hydrogen (secondary N) is 2. The van der Waals surface area contributed by atoms with Crippen LogP contribution in [-0.2, 0) is 20.0 Å². The maximum atomic E-state index is 13.1. The molecule has 0 atom stereocenters. The van der Waals surface area contributed by atoms with Crippen molar-refractivity contribution >= 4 is 31.4 Å². The summed E-state index contributed by atoms with van der Waals surface area (Å²) in [6.45, 7) is 0. The van der Waals surface area contributed by atoms with Crippen LogP contribution in [0.1, 0.15) is 0 Å². The molecular weight excluding hydrogens is 479 g/mol. The molecule has 0 saturated heterocycles. The maximum Gasteiger partial charge on any atom is 0.262 e. The summed E-state index contributed by atoms with van der Waals surface area (Å²) < 4.78 is 68.4. The number of benzene rings is 4. The first-order valence-corrected chi connectivity index (χ1v) is 12.9. The molecule has 0 aliphatic heterocycles. The van der Waals surface area contributed by atoms with E-state index in [0.29, 0.717) is 0 Å². The van der Waals surface area contributed by atoms with Gasteiger partial charge in [-0.15, -0.1) is 0 Å². The summed E-state index contributed by atoms with van der Waals surface area (Å²) in [5.74, 6) is -1.02. The summed E-state index contributed by atoms with van der Waals surface area (Å²) in [6.07, 6.45) is 0. The maximum absolute atomic E-state index is 13.1. The van der Waals surface area contributed by atoms with E-state index in [2.05, 4.69) is 9.44 Å². The largest absolute Gasteiger partial charge is 0.506 e. The second-order valence-electron chi connectivity index (χ2n) is 7.29. The highest BCUT2D eigenvalue weighted by molar-refractivity contribution is 7.93. The van der Waals surface area contributed by atoms with Gasteiger partial charge in [0.05, 0.1) is 21.2 Å². The van der Waals surface area contributed by atoms with Crippen LogP contribution in [-0.4, -0.2) is 21.9 Å². The van der Waals surface area contributed by atoms with Gasteiger partial charge in [0.15, 0.2) is 0 Å². The van der Waals surface area contributed by atoms with Crippen molar-refractivity contribution in [2.75, 3.05) is 9.44 Å². The third kappa shape index (κ3) is 5.19. The smallest absolute Gasteiger partial charge is 0.262 e. The number of anilines is 2. The van der Waals surface area contributed by atoms with Crippen molar-refractivity contribution in [1.29, 1.82) is 0 Å². The van der Waals surface area contributed by atoms with Gasteiger partial charge in [-0.1, -0.05) is 42.5 Å². The first-order chi connectivity index (χ1) is 16.1. The Morgan fingerprint density at radius 1 is 0.618 bits per heavy atom. The molecule has 0 aliphatic rings. The summed E-state index contributed by atoms with van der Waals surface area (Å²) in [6, 6.07) is 23.5. The molecule has 174 valence electrons. The molecule has 3 N–H and O–H groups in total.